The van der Waals surface area contributed by atoms with Crippen molar-refractivity contribution in [3.63, 3.8) is 0 Å². The van der Waals surface area contributed by atoms with Crippen LogP contribution in [0.1, 0.15) is 0 Å². The van der Waals surface area contributed by atoms with Gasteiger partial charge in [0.1, 0.15) is 0 Å². The van der Waals surface area contributed by atoms with Crippen LogP contribution in [0.25, 0.3) is 32.3 Å². The van der Waals surface area contributed by atoms with Crippen LogP contribution in [0.15, 0.2) is 66.7 Å². The number of hydrogen-bond acceptors (Lipinski definition) is 2. The third-order valence-electron chi connectivity index (χ3n) is 4.06. The second kappa shape index (κ2) is 4.59. The molecule has 0 heterocycles. The second-order valence-corrected chi connectivity index (χ2v) is 5.27. The van der Waals surface area contributed by atoms with E-state index in [1.54, 1.807) is 0 Å². The largest absolute Gasteiger partial charge is 0.489 e. The lowest BCUT2D eigenvalue weighted by molar-refractivity contribution is 0.426. The van der Waals surface area contributed by atoms with E-state index in [0.29, 0.717) is 5.46 Å². The molecule has 0 atom stereocenters. The molecule has 4 aromatic carbocycles. The third kappa shape index (κ3) is 1.83. The van der Waals surface area contributed by atoms with Crippen molar-refractivity contribution in [2.75, 3.05) is 0 Å². The van der Waals surface area contributed by atoms with Crippen LogP contribution in [0.3, 0.4) is 0 Å². The van der Waals surface area contributed by atoms with Crippen LogP contribution in [0, 0.1) is 0 Å². The third-order valence-corrected chi connectivity index (χ3v) is 4.06. The summed E-state index contributed by atoms with van der Waals surface area (Å²) in [6.45, 7) is 0. The molecule has 21 heavy (non-hydrogen) atoms. The van der Waals surface area contributed by atoms with Crippen molar-refractivity contribution in [3.8, 4) is 0 Å². The van der Waals surface area contributed by atoms with Gasteiger partial charge in [-0.1, -0.05) is 66.7 Å². The van der Waals surface area contributed by atoms with Gasteiger partial charge in [0.2, 0.25) is 0 Å². The Balaban J connectivity index is 2.35. The van der Waals surface area contributed by atoms with Crippen molar-refractivity contribution >= 4 is 44.9 Å². The average molecular weight is 272 g/mol. The van der Waals surface area contributed by atoms with Crippen LogP contribution in [0.4, 0.5) is 0 Å². The summed E-state index contributed by atoms with van der Waals surface area (Å²) in [4.78, 5) is 0. The van der Waals surface area contributed by atoms with Crippen molar-refractivity contribution in [1.29, 1.82) is 0 Å². The molecule has 0 fully saturated rings. The number of fused-ring (bicyclic) bond motifs is 5. The fraction of sp³-hybridized carbons (Fsp3) is 0. The van der Waals surface area contributed by atoms with Gasteiger partial charge in [0, 0.05) is 0 Å². The van der Waals surface area contributed by atoms with Gasteiger partial charge in [0.05, 0.1) is 0 Å². The molecule has 2 N–H and O–H groups in total. The predicted octanol–water partition coefficient (Wildman–Crippen LogP) is 2.83. The minimum Gasteiger partial charge on any atom is -0.423 e. The van der Waals surface area contributed by atoms with Gasteiger partial charge in [0.25, 0.3) is 0 Å². The molecular weight excluding hydrogens is 259 g/mol. The highest BCUT2D eigenvalue weighted by Crippen LogP contribution is 2.31. The Morgan fingerprint density at radius 1 is 0.619 bits per heavy atom. The Kier molecular flexibility index (Phi) is 2.71. The fourth-order valence-corrected chi connectivity index (χ4v) is 3.11. The van der Waals surface area contributed by atoms with Crippen LogP contribution >= 0.6 is 0 Å². The zero-order valence-corrected chi connectivity index (χ0v) is 11.3. The Bertz CT molecular complexity index is 961. The van der Waals surface area contributed by atoms with Crippen LogP contribution in [-0.4, -0.2) is 17.2 Å². The van der Waals surface area contributed by atoms with Crippen molar-refractivity contribution in [2.24, 2.45) is 0 Å². The minimum absolute atomic E-state index is 0.550. The highest BCUT2D eigenvalue weighted by Gasteiger charge is 2.17. The molecule has 100 valence electrons. The molecule has 0 unspecified atom stereocenters. The standard InChI is InChI=1S/C18H13BO2/c20-19(21)17-11-13-6-2-4-8-15(13)18-14-7-3-1-5-12(14)9-10-16(17)18/h1-11,20-21H. The lowest BCUT2D eigenvalue weighted by Crippen LogP contribution is -2.30. The van der Waals surface area contributed by atoms with Crippen LogP contribution in [0.5, 0.6) is 0 Å². The molecule has 4 aromatic rings. The monoisotopic (exact) mass is 272 g/mol. The molecule has 0 aliphatic rings. The summed E-state index contributed by atoms with van der Waals surface area (Å²) >= 11 is 0. The van der Waals surface area contributed by atoms with Crippen LogP contribution in [0.2, 0.25) is 0 Å². The molecule has 0 spiro atoms. The lowest BCUT2D eigenvalue weighted by atomic mass is 9.75. The maximum atomic E-state index is 9.71. The summed E-state index contributed by atoms with van der Waals surface area (Å²) in [5.74, 6) is 0. The molecule has 0 saturated heterocycles. The van der Waals surface area contributed by atoms with Gasteiger partial charge in [-0.05, 0) is 37.8 Å². The van der Waals surface area contributed by atoms with E-state index in [4.69, 9.17) is 0 Å². The topological polar surface area (TPSA) is 40.5 Å². The highest BCUT2D eigenvalue weighted by molar-refractivity contribution is 6.63. The quantitative estimate of drug-likeness (QED) is 0.413. The van der Waals surface area contributed by atoms with Gasteiger partial charge in [-0.2, -0.15) is 0 Å². The zero-order valence-electron chi connectivity index (χ0n) is 11.3. The van der Waals surface area contributed by atoms with E-state index >= 15 is 0 Å². The number of hydrogen-bond donors (Lipinski definition) is 2. The molecule has 0 aromatic heterocycles. The van der Waals surface area contributed by atoms with Gasteiger partial charge < -0.3 is 10.0 Å². The van der Waals surface area contributed by atoms with E-state index in [0.717, 1.165) is 32.3 Å². The molecule has 0 amide bonds. The summed E-state index contributed by atoms with van der Waals surface area (Å²) in [5, 5.41) is 25.8. The molecule has 0 aliphatic heterocycles. The van der Waals surface area contributed by atoms with Crippen molar-refractivity contribution in [1.82, 2.24) is 0 Å². The second-order valence-electron chi connectivity index (χ2n) is 5.27. The van der Waals surface area contributed by atoms with Crippen LogP contribution < -0.4 is 5.46 Å². The minimum atomic E-state index is -1.47. The molecule has 4 rings (SSSR count). The highest BCUT2D eigenvalue weighted by atomic mass is 16.4. The van der Waals surface area contributed by atoms with Gasteiger partial charge in [-0.15, -0.1) is 0 Å². The van der Waals surface area contributed by atoms with E-state index in [-0.39, 0.29) is 0 Å². The Morgan fingerprint density at radius 3 is 1.95 bits per heavy atom. The molecule has 0 radical (unpaired) electrons. The SMILES string of the molecule is OB(O)c1cc2ccccc2c2c1ccc1ccccc12. The maximum absolute atomic E-state index is 9.71. The molecule has 0 saturated carbocycles. The first kappa shape index (κ1) is 12.4. The summed E-state index contributed by atoms with van der Waals surface area (Å²) in [6.07, 6.45) is 0. The van der Waals surface area contributed by atoms with Crippen molar-refractivity contribution in [2.45, 2.75) is 0 Å². The summed E-state index contributed by atoms with van der Waals surface area (Å²) < 4.78 is 0. The Labute approximate surface area is 122 Å². The molecular formula is C18H13BO2. The van der Waals surface area contributed by atoms with Crippen LogP contribution in [-0.2, 0) is 0 Å². The first-order valence-corrected chi connectivity index (χ1v) is 6.95. The molecule has 3 heteroatoms. The van der Waals surface area contributed by atoms with Crippen molar-refractivity contribution < 1.29 is 10.0 Å². The van der Waals surface area contributed by atoms with Gasteiger partial charge in [0.15, 0.2) is 0 Å². The van der Waals surface area contributed by atoms with Gasteiger partial charge in [-0.25, -0.2) is 0 Å². The summed E-state index contributed by atoms with van der Waals surface area (Å²) in [6, 6.07) is 22.1. The number of benzene rings is 4. The first-order chi connectivity index (χ1) is 10.3. The van der Waals surface area contributed by atoms with E-state index in [1.807, 2.05) is 48.5 Å². The lowest BCUT2D eigenvalue weighted by Gasteiger charge is -2.12. The molecule has 0 bridgehead atoms. The number of rotatable bonds is 1. The van der Waals surface area contributed by atoms with E-state index in [9.17, 15) is 10.0 Å². The van der Waals surface area contributed by atoms with Gasteiger partial charge >= 0.3 is 7.12 Å². The average Bonchev–Trinajstić information content (AvgIpc) is 2.53. The normalized spacial score (nSPS) is 11.3. The van der Waals surface area contributed by atoms with E-state index in [1.165, 1.54) is 0 Å². The summed E-state index contributed by atoms with van der Waals surface area (Å²) in [5.41, 5.74) is 0.550. The summed E-state index contributed by atoms with van der Waals surface area (Å²) in [7, 11) is -1.47. The maximum Gasteiger partial charge on any atom is 0.489 e. The smallest absolute Gasteiger partial charge is 0.423 e. The first-order valence-electron chi connectivity index (χ1n) is 6.95. The Hall–Kier alpha value is -2.36. The fourth-order valence-electron chi connectivity index (χ4n) is 3.11. The molecule has 0 aliphatic carbocycles. The van der Waals surface area contributed by atoms with E-state index < -0.39 is 7.12 Å². The molecule has 2 nitrogen and oxygen atoms in total. The predicted molar refractivity (Wildman–Crippen MR) is 88.8 cm³/mol. The Morgan fingerprint density at radius 2 is 1.24 bits per heavy atom. The van der Waals surface area contributed by atoms with Gasteiger partial charge in [-0.3, -0.25) is 0 Å². The van der Waals surface area contributed by atoms with E-state index in [2.05, 4.69) is 18.2 Å². The zero-order chi connectivity index (χ0) is 14.4. The van der Waals surface area contributed by atoms with Crippen molar-refractivity contribution in [3.05, 3.63) is 66.7 Å².